The van der Waals surface area contributed by atoms with E-state index in [-0.39, 0.29) is 26.1 Å². The van der Waals surface area contributed by atoms with Crippen LogP contribution in [0.3, 0.4) is 0 Å². The predicted octanol–water partition coefficient (Wildman–Crippen LogP) is 2.92. The van der Waals surface area contributed by atoms with E-state index in [0.29, 0.717) is 12.8 Å². The third-order valence-corrected chi connectivity index (χ3v) is 10.1. The zero-order valence-electron chi connectivity index (χ0n) is 32.7. The molecular formula is C39H72O15. The van der Waals surface area contributed by atoms with Crippen LogP contribution in [0.4, 0.5) is 0 Å². The zero-order valence-corrected chi connectivity index (χ0v) is 32.7. The van der Waals surface area contributed by atoms with Crippen LogP contribution in [0.2, 0.25) is 0 Å². The van der Waals surface area contributed by atoms with E-state index < -0.39 is 92.7 Å². The van der Waals surface area contributed by atoms with Gasteiger partial charge in [0.05, 0.1) is 19.8 Å². The Labute approximate surface area is 321 Å². The van der Waals surface area contributed by atoms with Crippen LogP contribution in [0, 0.1) is 0 Å². The number of aliphatic hydroxyl groups is 7. The summed E-state index contributed by atoms with van der Waals surface area (Å²) >= 11 is 0. The van der Waals surface area contributed by atoms with Gasteiger partial charge in [0.15, 0.2) is 18.7 Å². The van der Waals surface area contributed by atoms with Crippen molar-refractivity contribution in [2.24, 2.45) is 0 Å². The van der Waals surface area contributed by atoms with Gasteiger partial charge in [-0.05, 0) is 12.8 Å². The normalized spacial score (nSPS) is 29.2. The highest BCUT2D eigenvalue weighted by Gasteiger charge is 2.47. The summed E-state index contributed by atoms with van der Waals surface area (Å²) in [6.07, 6.45) is 3.41. The van der Waals surface area contributed by atoms with Gasteiger partial charge in [-0.3, -0.25) is 9.59 Å². The summed E-state index contributed by atoms with van der Waals surface area (Å²) in [4.78, 5) is 25.3. The molecule has 11 atom stereocenters. The highest BCUT2D eigenvalue weighted by Crippen LogP contribution is 2.26. The fraction of sp³-hybridized carbons (Fsp3) is 0.949. The molecule has 0 amide bonds. The molecule has 0 saturated carbocycles. The Morgan fingerprint density at radius 3 is 1.44 bits per heavy atom. The second-order valence-corrected chi connectivity index (χ2v) is 14.8. The lowest BCUT2D eigenvalue weighted by Crippen LogP contribution is -2.61. The van der Waals surface area contributed by atoms with E-state index in [1.165, 1.54) is 51.4 Å². The van der Waals surface area contributed by atoms with Gasteiger partial charge < -0.3 is 64.2 Å². The van der Waals surface area contributed by atoms with Gasteiger partial charge in [-0.2, -0.15) is 0 Å². The molecule has 2 rings (SSSR count). The number of hydrogen-bond donors (Lipinski definition) is 7. The van der Waals surface area contributed by atoms with E-state index in [2.05, 4.69) is 13.8 Å². The zero-order chi connectivity index (χ0) is 39.7. The monoisotopic (exact) mass is 780 g/mol. The molecule has 2 fully saturated rings. The third kappa shape index (κ3) is 18.6. The molecule has 0 aromatic heterocycles. The van der Waals surface area contributed by atoms with Crippen LogP contribution in [-0.2, 0) is 38.0 Å². The molecule has 15 nitrogen and oxygen atoms in total. The summed E-state index contributed by atoms with van der Waals surface area (Å²) in [5.41, 5.74) is 0. The quantitative estimate of drug-likeness (QED) is 0.0411. The fourth-order valence-electron chi connectivity index (χ4n) is 6.57. The van der Waals surface area contributed by atoms with E-state index in [0.717, 1.165) is 51.4 Å². The number of unbranched alkanes of at least 4 members (excludes halogenated alkanes) is 16. The summed E-state index contributed by atoms with van der Waals surface area (Å²) in [5, 5.41) is 71.5. The molecule has 11 unspecified atom stereocenters. The highest BCUT2D eigenvalue weighted by atomic mass is 16.7. The summed E-state index contributed by atoms with van der Waals surface area (Å²) in [7, 11) is 0. The van der Waals surface area contributed by atoms with Crippen LogP contribution in [0.15, 0.2) is 0 Å². The number of carbonyl (C=O) groups is 2. The summed E-state index contributed by atoms with van der Waals surface area (Å²) in [6, 6.07) is 0. The number of rotatable bonds is 30. The smallest absolute Gasteiger partial charge is 0.306 e. The Bertz CT molecular complexity index is 970. The van der Waals surface area contributed by atoms with Crippen LogP contribution in [0.25, 0.3) is 0 Å². The minimum atomic E-state index is -1.76. The lowest BCUT2D eigenvalue weighted by atomic mass is 9.98. The van der Waals surface area contributed by atoms with Gasteiger partial charge in [0.1, 0.15) is 55.4 Å². The van der Waals surface area contributed by atoms with Crippen LogP contribution >= 0.6 is 0 Å². The Balaban J connectivity index is 1.88. The number of esters is 2. The molecule has 2 heterocycles. The molecule has 318 valence electrons. The summed E-state index contributed by atoms with van der Waals surface area (Å²) < 4.78 is 33.2. The van der Waals surface area contributed by atoms with E-state index >= 15 is 0 Å². The third-order valence-electron chi connectivity index (χ3n) is 10.1. The molecular weight excluding hydrogens is 708 g/mol. The van der Waals surface area contributed by atoms with Gasteiger partial charge in [0, 0.05) is 12.8 Å². The largest absolute Gasteiger partial charge is 0.462 e. The molecule has 54 heavy (non-hydrogen) atoms. The second kappa shape index (κ2) is 28.8. The van der Waals surface area contributed by atoms with E-state index in [4.69, 9.17) is 28.4 Å². The lowest BCUT2D eigenvalue weighted by molar-refractivity contribution is -0.332. The molecule has 0 spiro atoms. The molecule has 7 N–H and O–H groups in total. The maximum atomic E-state index is 12.8. The van der Waals surface area contributed by atoms with Gasteiger partial charge in [-0.25, -0.2) is 0 Å². The Kier molecular flexibility index (Phi) is 26.0. The molecule has 2 saturated heterocycles. The molecule has 2 aliphatic heterocycles. The first-order chi connectivity index (χ1) is 26.0. The van der Waals surface area contributed by atoms with E-state index in [1.54, 1.807) is 0 Å². The fourth-order valence-corrected chi connectivity index (χ4v) is 6.57. The van der Waals surface area contributed by atoms with Gasteiger partial charge in [0.25, 0.3) is 0 Å². The molecule has 0 aromatic rings. The summed E-state index contributed by atoms with van der Waals surface area (Å²) in [5.74, 6) is -0.931. The molecule has 0 bridgehead atoms. The second-order valence-electron chi connectivity index (χ2n) is 14.8. The predicted molar refractivity (Wildman–Crippen MR) is 197 cm³/mol. The highest BCUT2D eigenvalue weighted by molar-refractivity contribution is 5.70. The molecule has 0 aliphatic carbocycles. The topological polar surface area (TPSA) is 231 Å². The Morgan fingerprint density at radius 2 is 0.944 bits per heavy atom. The van der Waals surface area contributed by atoms with Gasteiger partial charge in [-0.1, -0.05) is 117 Å². The molecule has 15 heteroatoms. The standard InChI is InChI=1S/C39H72O15/c1-3-5-7-9-11-12-13-14-15-16-18-20-22-31(42)52-27(24-49-30(41)21-19-17-10-8-6-4-2)25-50-38-37(48)35(46)33(44)29(54-38)26-51-39-36(47)34(45)32(43)28(23-40)53-39/h27-29,32-40,43-48H,3-26H2,1-2H3. The van der Waals surface area contributed by atoms with Crippen molar-refractivity contribution in [1.29, 1.82) is 0 Å². The minimum Gasteiger partial charge on any atom is -0.462 e. The SMILES string of the molecule is CCCCCCCCCCCCCCC(=O)OC(COC(=O)CCCCCCCC)COC1OC(COC2OC(CO)C(O)C(O)C2O)C(O)C(O)C1O. The number of aliphatic hydroxyl groups excluding tert-OH is 7. The van der Waals surface area contributed by atoms with Crippen molar-refractivity contribution < 1.29 is 73.8 Å². The average molecular weight is 781 g/mol. The van der Waals surface area contributed by atoms with Gasteiger partial charge in [-0.15, -0.1) is 0 Å². The average Bonchev–Trinajstić information content (AvgIpc) is 3.16. The van der Waals surface area contributed by atoms with Crippen LogP contribution in [0.5, 0.6) is 0 Å². The number of carbonyl (C=O) groups excluding carboxylic acids is 2. The lowest BCUT2D eigenvalue weighted by Gasteiger charge is -2.42. The molecule has 0 radical (unpaired) electrons. The van der Waals surface area contributed by atoms with Gasteiger partial charge in [0.2, 0.25) is 0 Å². The van der Waals surface area contributed by atoms with Crippen molar-refractivity contribution in [3.8, 4) is 0 Å². The first-order valence-corrected chi connectivity index (χ1v) is 20.6. The summed E-state index contributed by atoms with van der Waals surface area (Å²) in [6.45, 7) is 2.48. The van der Waals surface area contributed by atoms with Crippen molar-refractivity contribution in [2.45, 2.75) is 210 Å². The van der Waals surface area contributed by atoms with Crippen molar-refractivity contribution in [2.75, 3.05) is 26.4 Å². The van der Waals surface area contributed by atoms with Crippen LogP contribution in [0.1, 0.15) is 142 Å². The van der Waals surface area contributed by atoms with Crippen molar-refractivity contribution in [1.82, 2.24) is 0 Å². The van der Waals surface area contributed by atoms with Crippen molar-refractivity contribution in [3.63, 3.8) is 0 Å². The van der Waals surface area contributed by atoms with E-state index in [9.17, 15) is 45.3 Å². The van der Waals surface area contributed by atoms with Crippen molar-refractivity contribution >= 4 is 11.9 Å². The van der Waals surface area contributed by atoms with Crippen molar-refractivity contribution in [3.05, 3.63) is 0 Å². The molecule has 2 aliphatic rings. The molecule has 0 aromatic carbocycles. The van der Waals surface area contributed by atoms with Crippen LogP contribution in [-0.4, -0.2) is 142 Å². The minimum absolute atomic E-state index is 0.171. The first-order valence-electron chi connectivity index (χ1n) is 20.6. The Morgan fingerprint density at radius 1 is 0.519 bits per heavy atom. The maximum Gasteiger partial charge on any atom is 0.306 e. The number of ether oxygens (including phenoxy) is 6. The van der Waals surface area contributed by atoms with Gasteiger partial charge >= 0.3 is 11.9 Å². The first kappa shape index (κ1) is 48.6. The number of hydrogen-bond acceptors (Lipinski definition) is 15. The Hall–Kier alpha value is -1.50. The van der Waals surface area contributed by atoms with E-state index in [1.807, 2.05) is 0 Å². The van der Waals surface area contributed by atoms with Crippen LogP contribution < -0.4 is 0 Å². The maximum absolute atomic E-state index is 12.8.